The van der Waals surface area contributed by atoms with E-state index < -0.39 is 18.0 Å². The number of rotatable bonds is 5. The van der Waals surface area contributed by atoms with Crippen molar-refractivity contribution in [3.63, 3.8) is 0 Å². The summed E-state index contributed by atoms with van der Waals surface area (Å²) in [4.78, 5) is 37.5. The molecule has 0 fully saturated rings. The van der Waals surface area contributed by atoms with Crippen molar-refractivity contribution in [3.05, 3.63) is 21.4 Å². The zero-order chi connectivity index (χ0) is 17.5. The number of carbonyl (C=O) groups is 3. The summed E-state index contributed by atoms with van der Waals surface area (Å²) in [5, 5.41) is 2.59. The highest BCUT2D eigenvalue weighted by Gasteiger charge is 2.26. The SMILES string of the molecule is COC(=O)CC(NC(=O)c1cc2c(s1)CCCCCC2)C(=O)OC. The second-order valence-corrected chi connectivity index (χ2v) is 6.94. The van der Waals surface area contributed by atoms with E-state index in [4.69, 9.17) is 0 Å². The molecule has 7 heteroatoms. The predicted octanol–water partition coefficient (Wildman–Crippen LogP) is 2.24. The van der Waals surface area contributed by atoms with Gasteiger partial charge in [-0.2, -0.15) is 0 Å². The van der Waals surface area contributed by atoms with Gasteiger partial charge in [-0.3, -0.25) is 9.59 Å². The molecule has 1 aromatic rings. The molecule has 1 heterocycles. The molecule has 1 atom stereocenters. The van der Waals surface area contributed by atoms with Gasteiger partial charge in [0.15, 0.2) is 0 Å². The number of carbonyl (C=O) groups excluding carboxylic acids is 3. The molecule has 132 valence electrons. The Balaban J connectivity index is 2.10. The summed E-state index contributed by atoms with van der Waals surface area (Å²) in [6.07, 6.45) is 6.46. The molecule has 1 unspecified atom stereocenters. The molecule has 0 aliphatic heterocycles. The molecule has 1 aromatic heterocycles. The molecule has 2 rings (SSSR count). The fourth-order valence-electron chi connectivity index (χ4n) is 2.77. The molecule has 0 radical (unpaired) electrons. The summed E-state index contributed by atoms with van der Waals surface area (Å²) in [5.74, 6) is -1.60. The fraction of sp³-hybridized carbons (Fsp3) is 0.588. The van der Waals surface area contributed by atoms with E-state index >= 15 is 0 Å². The minimum atomic E-state index is -1.04. The maximum atomic E-state index is 12.5. The first-order valence-corrected chi connectivity index (χ1v) is 8.94. The minimum absolute atomic E-state index is 0.250. The fourth-order valence-corrected chi connectivity index (χ4v) is 3.93. The van der Waals surface area contributed by atoms with Gasteiger partial charge < -0.3 is 14.8 Å². The first-order chi connectivity index (χ1) is 11.5. The molecule has 0 aromatic carbocycles. The molecule has 0 bridgehead atoms. The van der Waals surface area contributed by atoms with Crippen LogP contribution in [0.15, 0.2) is 6.07 Å². The minimum Gasteiger partial charge on any atom is -0.469 e. The van der Waals surface area contributed by atoms with Gasteiger partial charge in [0.2, 0.25) is 0 Å². The van der Waals surface area contributed by atoms with Gasteiger partial charge in [0.1, 0.15) is 6.04 Å². The van der Waals surface area contributed by atoms with Crippen LogP contribution in [0.2, 0.25) is 0 Å². The van der Waals surface area contributed by atoms with Crippen molar-refractivity contribution in [1.29, 1.82) is 0 Å². The number of hydrogen-bond donors (Lipinski definition) is 1. The van der Waals surface area contributed by atoms with Crippen LogP contribution in [0.4, 0.5) is 0 Å². The van der Waals surface area contributed by atoms with Gasteiger partial charge in [-0.25, -0.2) is 4.79 Å². The van der Waals surface area contributed by atoms with Crippen LogP contribution in [0.5, 0.6) is 0 Å². The summed E-state index contributed by atoms with van der Waals surface area (Å²) in [5.41, 5.74) is 1.23. The van der Waals surface area contributed by atoms with E-state index in [0.29, 0.717) is 4.88 Å². The van der Waals surface area contributed by atoms with E-state index in [0.717, 1.165) is 25.7 Å². The van der Waals surface area contributed by atoms with Gasteiger partial charge >= 0.3 is 11.9 Å². The van der Waals surface area contributed by atoms with E-state index in [1.54, 1.807) is 0 Å². The molecular weight excluding hydrogens is 330 g/mol. The first kappa shape index (κ1) is 18.4. The van der Waals surface area contributed by atoms with E-state index in [9.17, 15) is 14.4 Å². The van der Waals surface area contributed by atoms with Crippen LogP contribution in [0.1, 0.15) is 52.2 Å². The summed E-state index contributed by atoms with van der Waals surface area (Å²) in [6.45, 7) is 0. The summed E-state index contributed by atoms with van der Waals surface area (Å²) in [7, 11) is 2.45. The molecule has 1 N–H and O–H groups in total. The Labute approximate surface area is 145 Å². The van der Waals surface area contributed by atoms with Crippen molar-refractivity contribution < 1.29 is 23.9 Å². The normalized spacial score (nSPS) is 15.4. The summed E-state index contributed by atoms with van der Waals surface area (Å²) >= 11 is 1.47. The Bertz CT molecular complexity index is 585. The van der Waals surface area contributed by atoms with Crippen LogP contribution in [0, 0.1) is 0 Å². The quantitative estimate of drug-likeness (QED) is 0.821. The third-order valence-corrected chi connectivity index (χ3v) is 5.35. The number of esters is 2. The Kier molecular flexibility index (Phi) is 6.78. The van der Waals surface area contributed by atoms with Crippen molar-refractivity contribution >= 4 is 29.2 Å². The number of thiophene rings is 1. The second-order valence-electron chi connectivity index (χ2n) is 5.80. The maximum absolute atomic E-state index is 12.5. The first-order valence-electron chi connectivity index (χ1n) is 8.12. The molecule has 6 nitrogen and oxygen atoms in total. The number of ether oxygens (including phenoxy) is 2. The Morgan fingerprint density at radius 3 is 2.50 bits per heavy atom. The van der Waals surface area contributed by atoms with Crippen molar-refractivity contribution in [3.8, 4) is 0 Å². The van der Waals surface area contributed by atoms with Crippen LogP contribution in [0.25, 0.3) is 0 Å². The van der Waals surface area contributed by atoms with Crippen LogP contribution >= 0.6 is 11.3 Å². The number of hydrogen-bond acceptors (Lipinski definition) is 6. The number of aryl methyl sites for hydroxylation is 2. The Morgan fingerprint density at radius 1 is 1.12 bits per heavy atom. The highest BCUT2D eigenvalue weighted by molar-refractivity contribution is 7.14. The predicted molar refractivity (Wildman–Crippen MR) is 90.1 cm³/mol. The van der Waals surface area contributed by atoms with Gasteiger partial charge in [-0.15, -0.1) is 11.3 Å². The second kappa shape index (κ2) is 8.82. The topological polar surface area (TPSA) is 81.7 Å². The number of amides is 1. The van der Waals surface area contributed by atoms with Crippen molar-refractivity contribution in [1.82, 2.24) is 5.32 Å². The van der Waals surface area contributed by atoms with Gasteiger partial charge in [-0.1, -0.05) is 12.8 Å². The Morgan fingerprint density at radius 2 is 1.83 bits per heavy atom. The molecule has 1 aliphatic carbocycles. The molecule has 0 saturated heterocycles. The monoisotopic (exact) mass is 353 g/mol. The average Bonchev–Trinajstić information content (AvgIpc) is 2.95. The number of fused-ring (bicyclic) bond motifs is 1. The molecule has 0 spiro atoms. The number of nitrogens with one attached hydrogen (secondary N) is 1. The lowest BCUT2D eigenvalue weighted by atomic mass is 10.00. The van der Waals surface area contributed by atoms with Crippen molar-refractivity contribution in [2.24, 2.45) is 0 Å². The lowest BCUT2D eigenvalue weighted by Gasteiger charge is -2.14. The summed E-state index contributed by atoms with van der Waals surface area (Å²) in [6, 6.07) is 0.868. The summed E-state index contributed by atoms with van der Waals surface area (Å²) < 4.78 is 9.21. The van der Waals surface area contributed by atoms with Crippen molar-refractivity contribution in [2.75, 3.05) is 14.2 Å². The Hall–Kier alpha value is -1.89. The molecule has 0 saturated carbocycles. The van der Waals surface area contributed by atoms with E-state index in [1.807, 2.05) is 6.07 Å². The van der Waals surface area contributed by atoms with Crippen LogP contribution in [0.3, 0.4) is 0 Å². The molecule has 24 heavy (non-hydrogen) atoms. The molecule has 1 aliphatic rings. The van der Waals surface area contributed by atoms with Crippen LogP contribution < -0.4 is 5.32 Å². The maximum Gasteiger partial charge on any atom is 0.328 e. The van der Waals surface area contributed by atoms with Gasteiger partial charge in [-0.05, 0) is 37.3 Å². The van der Waals surface area contributed by atoms with Gasteiger partial charge in [0, 0.05) is 4.88 Å². The van der Waals surface area contributed by atoms with Crippen LogP contribution in [-0.4, -0.2) is 38.1 Å². The van der Waals surface area contributed by atoms with Gasteiger partial charge in [0.25, 0.3) is 5.91 Å². The highest BCUT2D eigenvalue weighted by Crippen LogP contribution is 2.28. The highest BCUT2D eigenvalue weighted by atomic mass is 32.1. The average molecular weight is 353 g/mol. The molecular formula is C17H23NO5S. The van der Waals surface area contributed by atoms with Crippen LogP contribution in [-0.2, 0) is 31.9 Å². The zero-order valence-corrected chi connectivity index (χ0v) is 14.9. The molecule has 1 amide bonds. The van der Waals surface area contributed by atoms with E-state index in [-0.39, 0.29) is 12.3 Å². The van der Waals surface area contributed by atoms with E-state index in [2.05, 4.69) is 14.8 Å². The zero-order valence-electron chi connectivity index (χ0n) is 14.1. The largest absolute Gasteiger partial charge is 0.469 e. The van der Waals surface area contributed by atoms with Gasteiger partial charge in [0.05, 0.1) is 25.5 Å². The smallest absolute Gasteiger partial charge is 0.328 e. The third kappa shape index (κ3) is 4.80. The lowest BCUT2D eigenvalue weighted by Crippen LogP contribution is -2.42. The number of methoxy groups -OCH3 is 2. The lowest BCUT2D eigenvalue weighted by molar-refractivity contribution is -0.149. The van der Waals surface area contributed by atoms with E-state index in [1.165, 1.54) is 48.8 Å². The standard InChI is InChI=1S/C17H23NO5S/c1-22-15(19)10-12(17(21)23-2)18-16(20)14-9-11-7-5-3-4-6-8-13(11)24-14/h9,12H,3-8,10H2,1-2H3,(H,18,20). The van der Waals surface area contributed by atoms with Crippen molar-refractivity contribution in [2.45, 2.75) is 51.0 Å². The third-order valence-electron chi connectivity index (χ3n) is 4.11.